The number of nitrogens with zero attached hydrogens (tertiary/aromatic N) is 2. The molecular formula is C23H25N3O2. The Labute approximate surface area is 165 Å². The number of anilines is 1. The summed E-state index contributed by atoms with van der Waals surface area (Å²) in [5.74, 6) is 0.604. The van der Waals surface area contributed by atoms with E-state index in [9.17, 15) is 9.59 Å². The van der Waals surface area contributed by atoms with Crippen LogP contribution in [0.2, 0.25) is 0 Å². The van der Waals surface area contributed by atoms with E-state index >= 15 is 0 Å². The van der Waals surface area contributed by atoms with Crippen LogP contribution in [0.15, 0.2) is 66.4 Å². The molecule has 0 unspecified atom stereocenters. The van der Waals surface area contributed by atoms with Gasteiger partial charge in [-0.1, -0.05) is 37.0 Å². The first kappa shape index (κ1) is 19.5. The van der Waals surface area contributed by atoms with E-state index in [1.165, 1.54) is 5.57 Å². The molecule has 0 saturated heterocycles. The van der Waals surface area contributed by atoms with Gasteiger partial charge in [-0.2, -0.15) is 0 Å². The van der Waals surface area contributed by atoms with Gasteiger partial charge in [0.2, 0.25) is 11.8 Å². The van der Waals surface area contributed by atoms with Crippen molar-refractivity contribution in [3.63, 3.8) is 0 Å². The molecule has 144 valence electrons. The molecule has 3 rings (SSSR count). The molecule has 0 spiro atoms. The van der Waals surface area contributed by atoms with E-state index in [-0.39, 0.29) is 11.8 Å². The molecule has 5 heteroatoms. The van der Waals surface area contributed by atoms with E-state index in [1.807, 2.05) is 42.2 Å². The van der Waals surface area contributed by atoms with Gasteiger partial charge in [0.1, 0.15) is 5.82 Å². The average Bonchev–Trinajstić information content (AvgIpc) is 2.73. The quantitative estimate of drug-likeness (QED) is 0.628. The minimum absolute atomic E-state index is 0.00355. The first-order valence-electron chi connectivity index (χ1n) is 9.51. The molecule has 0 bridgehead atoms. The fourth-order valence-corrected chi connectivity index (χ4v) is 3.28. The maximum atomic E-state index is 12.5. The van der Waals surface area contributed by atoms with Gasteiger partial charge in [0.25, 0.3) is 0 Å². The minimum Gasteiger partial charge on any atom is -0.335 e. The monoisotopic (exact) mass is 375 g/mol. The van der Waals surface area contributed by atoms with Crippen molar-refractivity contribution in [3.05, 3.63) is 77.6 Å². The molecule has 2 amide bonds. The van der Waals surface area contributed by atoms with Gasteiger partial charge in [0.15, 0.2) is 0 Å². The molecule has 0 aromatic carbocycles. The fourth-order valence-electron chi connectivity index (χ4n) is 3.28. The highest BCUT2D eigenvalue weighted by Gasteiger charge is 2.17. The Bertz CT molecular complexity index is 906. The number of rotatable bonds is 5. The van der Waals surface area contributed by atoms with Crippen molar-refractivity contribution in [3.8, 4) is 0 Å². The van der Waals surface area contributed by atoms with Crippen LogP contribution >= 0.6 is 0 Å². The van der Waals surface area contributed by atoms with Crippen LogP contribution in [0.4, 0.5) is 5.82 Å². The number of carbonyl (C=O) groups is 2. The third kappa shape index (κ3) is 4.74. The van der Waals surface area contributed by atoms with Gasteiger partial charge in [0.05, 0.1) is 0 Å². The topological polar surface area (TPSA) is 62.3 Å². The summed E-state index contributed by atoms with van der Waals surface area (Å²) in [5, 5.41) is 2.76. The number of amides is 2. The van der Waals surface area contributed by atoms with Crippen LogP contribution in [0.25, 0.3) is 6.08 Å². The van der Waals surface area contributed by atoms with Gasteiger partial charge in [-0.25, -0.2) is 4.98 Å². The number of aromatic nitrogens is 1. The van der Waals surface area contributed by atoms with Crippen molar-refractivity contribution >= 4 is 23.7 Å². The summed E-state index contributed by atoms with van der Waals surface area (Å²) in [5.41, 5.74) is 4.19. The van der Waals surface area contributed by atoms with Crippen LogP contribution in [0.5, 0.6) is 0 Å². The van der Waals surface area contributed by atoms with Crippen molar-refractivity contribution in [2.24, 2.45) is 0 Å². The fraction of sp³-hybridized carbons (Fsp3) is 0.261. The van der Waals surface area contributed by atoms with Gasteiger partial charge < -0.3 is 10.2 Å². The molecule has 0 saturated carbocycles. The smallest absolute Gasteiger partial charge is 0.246 e. The Morgan fingerprint density at radius 3 is 2.89 bits per heavy atom. The van der Waals surface area contributed by atoms with E-state index in [1.54, 1.807) is 18.3 Å². The van der Waals surface area contributed by atoms with E-state index in [0.717, 1.165) is 23.1 Å². The molecule has 0 atom stereocenters. The van der Waals surface area contributed by atoms with Crippen molar-refractivity contribution < 1.29 is 9.59 Å². The van der Waals surface area contributed by atoms with Crippen LogP contribution in [0, 0.1) is 0 Å². The molecule has 1 N–H and O–H groups in total. The van der Waals surface area contributed by atoms with Crippen LogP contribution in [-0.2, 0) is 16.0 Å². The Balaban J connectivity index is 1.63. The normalized spacial score (nSPS) is 17.5. The minimum atomic E-state index is -0.0149. The van der Waals surface area contributed by atoms with Crippen LogP contribution in [-0.4, -0.2) is 34.8 Å². The van der Waals surface area contributed by atoms with E-state index < -0.39 is 0 Å². The van der Waals surface area contributed by atoms with Crippen LogP contribution in [0.1, 0.15) is 30.9 Å². The predicted molar refractivity (Wildman–Crippen MR) is 113 cm³/mol. The summed E-state index contributed by atoms with van der Waals surface area (Å²) in [6, 6.07) is 1.97. The van der Waals surface area contributed by atoms with Gasteiger partial charge in [-0.15, -0.1) is 0 Å². The molecule has 0 fully saturated rings. The van der Waals surface area contributed by atoms with Crippen molar-refractivity contribution in [2.75, 3.05) is 18.4 Å². The maximum absolute atomic E-state index is 12.5. The average molecular weight is 375 g/mol. The molecule has 5 nitrogen and oxygen atoms in total. The second-order valence-corrected chi connectivity index (χ2v) is 6.77. The lowest BCUT2D eigenvalue weighted by Crippen LogP contribution is -2.33. The number of nitrogens with one attached hydrogen (secondary N) is 1. The largest absolute Gasteiger partial charge is 0.335 e. The number of hydrogen-bond donors (Lipinski definition) is 1. The zero-order valence-corrected chi connectivity index (χ0v) is 16.1. The zero-order valence-electron chi connectivity index (χ0n) is 16.1. The second kappa shape index (κ2) is 9.13. The van der Waals surface area contributed by atoms with Gasteiger partial charge in [-0.3, -0.25) is 9.59 Å². The molecule has 2 aliphatic heterocycles. The van der Waals surface area contributed by atoms with E-state index in [4.69, 9.17) is 0 Å². The number of hydrogen-bond acceptors (Lipinski definition) is 3. The SMILES string of the molecule is C=C/C(=C\C=C/C)C1=CCN(C(=O)/C=C/c2cnc3c(c2)CCC(=O)N3)CC1. The predicted octanol–water partition coefficient (Wildman–Crippen LogP) is 3.83. The molecule has 0 radical (unpaired) electrons. The molecular weight excluding hydrogens is 350 g/mol. The molecule has 1 aromatic heterocycles. The molecule has 0 aliphatic carbocycles. The Morgan fingerprint density at radius 1 is 1.32 bits per heavy atom. The van der Waals surface area contributed by atoms with Gasteiger partial charge in [-0.05, 0) is 54.2 Å². The third-order valence-corrected chi connectivity index (χ3v) is 4.87. The van der Waals surface area contributed by atoms with Crippen molar-refractivity contribution in [2.45, 2.75) is 26.2 Å². The highest BCUT2D eigenvalue weighted by Crippen LogP contribution is 2.22. The lowest BCUT2D eigenvalue weighted by atomic mass is 9.99. The summed E-state index contributed by atoms with van der Waals surface area (Å²) in [7, 11) is 0. The summed E-state index contributed by atoms with van der Waals surface area (Å²) < 4.78 is 0. The summed E-state index contributed by atoms with van der Waals surface area (Å²) in [6.45, 7) is 7.13. The molecule has 2 aliphatic rings. The second-order valence-electron chi connectivity index (χ2n) is 6.77. The summed E-state index contributed by atoms with van der Waals surface area (Å²) >= 11 is 0. The van der Waals surface area contributed by atoms with Crippen molar-refractivity contribution in [1.82, 2.24) is 9.88 Å². The van der Waals surface area contributed by atoms with E-state index in [2.05, 4.69) is 23.0 Å². The Hall–Kier alpha value is -3.21. The lowest BCUT2D eigenvalue weighted by molar-refractivity contribution is -0.125. The Morgan fingerprint density at radius 2 is 2.18 bits per heavy atom. The highest BCUT2D eigenvalue weighted by atomic mass is 16.2. The maximum Gasteiger partial charge on any atom is 0.246 e. The van der Waals surface area contributed by atoms with Crippen LogP contribution in [0.3, 0.4) is 0 Å². The first-order chi connectivity index (χ1) is 13.6. The third-order valence-electron chi connectivity index (χ3n) is 4.87. The first-order valence-corrected chi connectivity index (χ1v) is 9.51. The summed E-state index contributed by atoms with van der Waals surface area (Å²) in [6.07, 6.45) is 17.0. The molecule has 3 heterocycles. The molecule has 1 aromatic rings. The van der Waals surface area contributed by atoms with Crippen molar-refractivity contribution in [1.29, 1.82) is 0 Å². The zero-order chi connectivity index (χ0) is 19.9. The number of fused-ring (bicyclic) bond motifs is 1. The standard InChI is InChI=1S/C23H25N3O2/c1-3-5-6-18(4-2)19-11-13-26(14-12-19)22(28)10-7-17-15-20-8-9-21(27)25-23(20)24-16-17/h3-7,10-11,15-16H,2,8-9,12-14H2,1H3,(H,24,25,27)/b5-3-,10-7+,18-6+. The number of carbonyl (C=O) groups excluding carboxylic acids is 2. The molecule has 28 heavy (non-hydrogen) atoms. The van der Waals surface area contributed by atoms with Gasteiger partial charge in [0, 0.05) is 31.8 Å². The lowest BCUT2D eigenvalue weighted by Gasteiger charge is -2.26. The summed E-state index contributed by atoms with van der Waals surface area (Å²) in [4.78, 5) is 30.0. The van der Waals surface area contributed by atoms with E-state index in [0.29, 0.717) is 31.7 Å². The highest BCUT2D eigenvalue weighted by molar-refractivity contribution is 5.94. The number of allylic oxidation sites excluding steroid dienone is 5. The van der Waals surface area contributed by atoms with Gasteiger partial charge >= 0.3 is 0 Å². The van der Waals surface area contributed by atoms with Crippen LogP contribution < -0.4 is 5.32 Å². The number of pyridine rings is 1. The number of aryl methyl sites for hydroxylation is 1. The Kier molecular flexibility index (Phi) is 6.37.